The number of rotatable bonds is 3. The number of carbonyl (C=O) groups excluding carboxylic acids is 1. The van der Waals surface area contributed by atoms with Crippen molar-refractivity contribution in [2.45, 2.75) is 6.18 Å². The number of alkyl halides is 3. The van der Waals surface area contributed by atoms with Crippen molar-refractivity contribution in [3.05, 3.63) is 90.3 Å². The Labute approximate surface area is 162 Å². The summed E-state index contributed by atoms with van der Waals surface area (Å²) in [5.74, 6) is -1.46. The molecule has 4 aromatic rings. The van der Waals surface area contributed by atoms with Crippen LogP contribution in [-0.2, 0) is 6.18 Å². The molecular formula is C21H13F4N3O. The number of carbonyl (C=O) groups is 1. The van der Waals surface area contributed by atoms with Crippen LogP contribution in [0.2, 0.25) is 0 Å². The first-order valence-corrected chi connectivity index (χ1v) is 8.52. The molecule has 0 unspecified atom stereocenters. The number of aromatic nitrogens is 2. The molecule has 29 heavy (non-hydrogen) atoms. The van der Waals surface area contributed by atoms with Gasteiger partial charge in [0.2, 0.25) is 0 Å². The van der Waals surface area contributed by atoms with Crippen LogP contribution in [0.5, 0.6) is 0 Å². The van der Waals surface area contributed by atoms with Crippen molar-refractivity contribution in [2.24, 2.45) is 0 Å². The Morgan fingerprint density at radius 1 is 1.03 bits per heavy atom. The van der Waals surface area contributed by atoms with E-state index in [1.807, 2.05) is 0 Å². The highest BCUT2D eigenvalue weighted by Gasteiger charge is 2.35. The first-order valence-electron chi connectivity index (χ1n) is 8.52. The van der Waals surface area contributed by atoms with Gasteiger partial charge in [-0.15, -0.1) is 0 Å². The molecule has 1 N–H and O–H groups in total. The molecule has 1 amide bonds. The van der Waals surface area contributed by atoms with E-state index < -0.39 is 29.0 Å². The number of imidazole rings is 1. The van der Waals surface area contributed by atoms with Crippen molar-refractivity contribution in [1.82, 2.24) is 9.38 Å². The molecule has 4 nitrogen and oxygen atoms in total. The van der Waals surface area contributed by atoms with E-state index in [9.17, 15) is 22.4 Å². The quantitative estimate of drug-likeness (QED) is 0.468. The molecule has 0 atom stereocenters. The summed E-state index contributed by atoms with van der Waals surface area (Å²) in [6.07, 6.45) is 0.213. The fourth-order valence-electron chi connectivity index (χ4n) is 3.07. The van der Waals surface area contributed by atoms with Gasteiger partial charge in [-0.25, -0.2) is 9.37 Å². The number of hydrogen-bond donors (Lipinski definition) is 1. The largest absolute Gasteiger partial charge is 0.417 e. The Balaban J connectivity index is 1.80. The van der Waals surface area contributed by atoms with E-state index in [2.05, 4.69) is 10.3 Å². The maximum Gasteiger partial charge on any atom is 0.417 e. The average Bonchev–Trinajstić information content (AvgIpc) is 3.17. The van der Waals surface area contributed by atoms with Gasteiger partial charge >= 0.3 is 6.18 Å². The molecule has 0 fully saturated rings. The van der Waals surface area contributed by atoms with Crippen molar-refractivity contribution >= 4 is 17.1 Å². The Hall–Kier alpha value is -3.68. The van der Waals surface area contributed by atoms with Gasteiger partial charge in [-0.1, -0.05) is 12.1 Å². The number of anilines is 1. The first-order chi connectivity index (χ1) is 13.8. The van der Waals surface area contributed by atoms with E-state index >= 15 is 0 Å². The van der Waals surface area contributed by atoms with Crippen LogP contribution in [0, 0.1) is 5.82 Å². The molecule has 0 saturated heterocycles. The number of pyridine rings is 1. The standard InChI is InChI=1S/C21H13F4N3O/c22-14-4-6-15(7-5-14)27-20(29)17-10-13(3-8-18(17)21(23,24)25)16-2-1-9-28-12-26-11-19(16)28/h1-12H,(H,27,29). The van der Waals surface area contributed by atoms with E-state index in [0.29, 0.717) is 16.6 Å². The van der Waals surface area contributed by atoms with Gasteiger partial charge in [-0.3, -0.25) is 4.79 Å². The average molecular weight is 399 g/mol. The number of nitrogens with zero attached hydrogens (tertiary/aromatic N) is 2. The third-order valence-corrected chi connectivity index (χ3v) is 4.43. The Kier molecular flexibility index (Phi) is 4.54. The van der Waals surface area contributed by atoms with Crippen LogP contribution < -0.4 is 5.32 Å². The second-order valence-electron chi connectivity index (χ2n) is 6.33. The second-order valence-corrected chi connectivity index (χ2v) is 6.33. The third kappa shape index (κ3) is 3.69. The highest BCUT2D eigenvalue weighted by molar-refractivity contribution is 6.06. The lowest BCUT2D eigenvalue weighted by molar-refractivity contribution is -0.137. The molecule has 8 heteroatoms. The summed E-state index contributed by atoms with van der Waals surface area (Å²) in [6.45, 7) is 0. The van der Waals surface area contributed by atoms with Crippen LogP contribution in [0.25, 0.3) is 16.6 Å². The molecular weight excluding hydrogens is 386 g/mol. The molecule has 0 aliphatic carbocycles. The van der Waals surface area contributed by atoms with E-state index in [-0.39, 0.29) is 5.69 Å². The lowest BCUT2D eigenvalue weighted by Gasteiger charge is -2.15. The predicted molar refractivity (Wildman–Crippen MR) is 100.0 cm³/mol. The Bertz CT molecular complexity index is 1200. The topological polar surface area (TPSA) is 46.4 Å². The lowest BCUT2D eigenvalue weighted by atomic mass is 9.98. The maximum absolute atomic E-state index is 13.5. The van der Waals surface area contributed by atoms with Gasteiger partial charge in [0.25, 0.3) is 5.91 Å². The van der Waals surface area contributed by atoms with Gasteiger partial charge in [-0.2, -0.15) is 13.2 Å². The van der Waals surface area contributed by atoms with Crippen molar-refractivity contribution < 1.29 is 22.4 Å². The highest BCUT2D eigenvalue weighted by Crippen LogP contribution is 2.35. The zero-order valence-corrected chi connectivity index (χ0v) is 14.7. The summed E-state index contributed by atoms with van der Waals surface area (Å²) in [5, 5.41) is 2.39. The number of fused-ring (bicyclic) bond motifs is 1. The fourth-order valence-corrected chi connectivity index (χ4v) is 3.07. The Morgan fingerprint density at radius 2 is 1.79 bits per heavy atom. The second kappa shape index (κ2) is 7.05. The molecule has 0 saturated carbocycles. The maximum atomic E-state index is 13.5. The number of halogens is 4. The van der Waals surface area contributed by atoms with E-state index in [4.69, 9.17) is 0 Å². The molecule has 2 aromatic carbocycles. The summed E-state index contributed by atoms with van der Waals surface area (Å²) in [5.41, 5.74) is 0.370. The van der Waals surface area contributed by atoms with Crippen LogP contribution in [0.3, 0.4) is 0 Å². The first kappa shape index (κ1) is 18.7. The zero-order chi connectivity index (χ0) is 20.6. The van der Waals surface area contributed by atoms with Crippen molar-refractivity contribution in [2.75, 3.05) is 5.32 Å². The van der Waals surface area contributed by atoms with E-state index in [0.717, 1.165) is 18.2 Å². The van der Waals surface area contributed by atoms with Crippen molar-refractivity contribution in [3.8, 4) is 11.1 Å². The molecule has 0 spiro atoms. The van der Waals surface area contributed by atoms with Gasteiger partial charge in [0, 0.05) is 17.4 Å². The number of hydrogen-bond acceptors (Lipinski definition) is 2. The molecule has 0 aliphatic rings. The number of benzene rings is 2. The molecule has 0 radical (unpaired) electrons. The minimum absolute atomic E-state index is 0.188. The van der Waals surface area contributed by atoms with Gasteiger partial charge in [0.15, 0.2) is 0 Å². The molecule has 2 heterocycles. The van der Waals surface area contributed by atoms with E-state index in [1.54, 1.807) is 35.3 Å². The fraction of sp³-hybridized carbons (Fsp3) is 0.0476. The van der Waals surface area contributed by atoms with Crippen LogP contribution >= 0.6 is 0 Å². The van der Waals surface area contributed by atoms with Crippen LogP contribution in [0.1, 0.15) is 15.9 Å². The van der Waals surface area contributed by atoms with Gasteiger partial charge < -0.3 is 9.72 Å². The zero-order valence-electron chi connectivity index (χ0n) is 14.7. The van der Waals surface area contributed by atoms with Crippen LogP contribution in [-0.4, -0.2) is 15.3 Å². The summed E-state index contributed by atoms with van der Waals surface area (Å²) in [4.78, 5) is 16.7. The molecule has 146 valence electrons. The SMILES string of the molecule is O=C(Nc1ccc(F)cc1)c1cc(-c2cccn3cncc23)ccc1C(F)(F)F. The number of amides is 1. The highest BCUT2D eigenvalue weighted by atomic mass is 19.4. The summed E-state index contributed by atoms with van der Waals surface area (Å²) in [6, 6.07) is 11.6. The molecule has 2 aromatic heterocycles. The van der Waals surface area contributed by atoms with Crippen LogP contribution in [0.4, 0.5) is 23.2 Å². The normalized spacial score (nSPS) is 11.6. The van der Waals surface area contributed by atoms with Crippen molar-refractivity contribution in [1.29, 1.82) is 0 Å². The number of nitrogens with one attached hydrogen (secondary N) is 1. The van der Waals surface area contributed by atoms with Crippen LogP contribution in [0.15, 0.2) is 73.3 Å². The minimum atomic E-state index is -4.71. The molecule has 0 bridgehead atoms. The smallest absolute Gasteiger partial charge is 0.322 e. The van der Waals surface area contributed by atoms with Crippen molar-refractivity contribution in [3.63, 3.8) is 0 Å². The van der Waals surface area contributed by atoms with Gasteiger partial charge in [-0.05, 0) is 48.0 Å². The monoisotopic (exact) mass is 399 g/mol. The summed E-state index contributed by atoms with van der Waals surface area (Å²) >= 11 is 0. The van der Waals surface area contributed by atoms with Gasteiger partial charge in [0.05, 0.1) is 29.2 Å². The predicted octanol–water partition coefficient (Wildman–Crippen LogP) is 5.41. The minimum Gasteiger partial charge on any atom is -0.322 e. The summed E-state index contributed by atoms with van der Waals surface area (Å²) in [7, 11) is 0. The lowest BCUT2D eigenvalue weighted by Crippen LogP contribution is -2.19. The van der Waals surface area contributed by atoms with Gasteiger partial charge in [0.1, 0.15) is 5.82 Å². The molecule has 4 rings (SSSR count). The third-order valence-electron chi connectivity index (χ3n) is 4.43. The summed E-state index contributed by atoms with van der Waals surface area (Å²) < 4.78 is 55.3. The van der Waals surface area contributed by atoms with E-state index in [1.165, 1.54) is 24.3 Å². The molecule has 0 aliphatic heterocycles. The Morgan fingerprint density at radius 3 is 2.52 bits per heavy atom.